The van der Waals surface area contributed by atoms with Crippen LogP contribution >= 0.6 is 0 Å². The number of nitrogens with zero attached hydrogens (tertiary/aromatic N) is 3. The first-order chi connectivity index (χ1) is 12.6. The fourth-order valence-corrected chi connectivity index (χ4v) is 3.82. The molecule has 1 atom stereocenters. The third-order valence-corrected chi connectivity index (χ3v) is 5.48. The predicted octanol–water partition coefficient (Wildman–Crippen LogP) is 2.19. The van der Waals surface area contributed by atoms with Gasteiger partial charge in [-0.1, -0.05) is 23.4 Å². The van der Waals surface area contributed by atoms with E-state index in [4.69, 9.17) is 9.26 Å². The Morgan fingerprint density at radius 3 is 2.69 bits per heavy atom. The van der Waals surface area contributed by atoms with Gasteiger partial charge in [-0.3, -0.25) is 9.69 Å². The summed E-state index contributed by atoms with van der Waals surface area (Å²) in [6.45, 7) is 8.53. The topological polar surface area (TPSA) is 58.8 Å². The van der Waals surface area contributed by atoms with Crippen molar-refractivity contribution in [3.63, 3.8) is 0 Å². The molecule has 0 saturated carbocycles. The molecule has 1 aromatic heterocycles. The predicted molar refractivity (Wildman–Crippen MR) is 97.0 cm³/mol. The molecule has 0 N–H and O–H groups in total. The quantitative estimate of drug-likeness (QED) is 0.845. The Balaban J connectivity index is 1.33. The van der Waals surface area contributed by atoms with Crippen LogP contribution in [0.5, 0.6) is 5.75 Å². The van der Waals surface area contributed by atoms with E-state index in [9.17, 15) is 4.79 Å². The van der Waals surface area contributed by atoms with E-state index < -0.39 is 0 Å². The molecule has 138 valence electrons. The molecule has 26 heavy (non-hydrogen) atoms. The second-order valence-electron chi connectivity index (χ2n) is 7.22. The van der Waals surface area contributed by atoms with Gasteiger partial charge >= 0.3 is 0 Å². The second kappa shape index (κ2) is 7.11. The van der Waals surface area contributed by atoms with E-state index in [2.05, 4.69) is 16.1 Å². The molecule has 6 heteroatoms. The summed E-state index contributed by atoms with van der Waals surface area (Å²) in [5, 5.41) is 4.02. The lowest BCUT2D eigenvalue weighted by Gasteiger charge is -2.37. The third-order valence-electron chi connectivity index (χ3n) is 5.48. The first kappa shape index (κ1) is 17.1. The van der Waals surface area contributed by atoms with Gasteiger partial charge in [0.1, 0.15) is 18.1 Å². The van der Waals surface area contributed by atoms with E-state index in [0.29, 0.717) is 6.61 Å². The maximum Gasteiger partial charge on any atom is 0.229 e. The molecule has 1 fully saturated rings. The van der Waals surface area contributed by atoms with E-state index in [1.807, 2.05) is 36.9 Å². The van der Waals surface area contributed by atoms with Crippen molar-refractivity contribution in [1.29, 1.82) is 0 Å². The molecule has 3 heterocycles. The smallest absolute Gasteiger partial charge is 0.229 e. The maximum absolute atomic E-state index is 12.9. The molecule has 1 unspecified atom stereocenters. The highest BCUT2D eigenvalue weighted by Gasteiger charge is 2.31. The van der Waals surface area contributed by atoms with Crippen LogP contribution in [-0.4, -0.2) is 53.6 Å². The summed E-state index contributed by atoms with van der Waals surface area (Å²) in [4.78, 5) is 17.3. The van der Waals surface area contributed by atoms with E-state index >= 15 is 0 Å². The van der Waals surface area contributed by atoms with Crippen LogP contribution in [0.1, 0.15) is 22.6 Å². The molecule has 2 aliphatic heterocycles. The van der Waals surface area contributed by atoms with E-state index in [1.54, 1.807) is 0 Å². The van der Waals surface area contributed by atoms with Gasteiger partial charge in [-0.05, 0) is 31.9 Å². The van der Waals surface area contributed by atoms with Crippen LogP contribution in [0.4, 0.5) is 0 Å². The second-order valence-corrected chi connectivity index (χ2v) is 7.22. The number of carbonyl (C=O) groups is 1. The van der Waals surface area contributed by atoms with Crippen molar-refractivity contribution in [2.45, 2.75) is 26.8 Å². The summed E-state index contributed by atoms with van der Waals surface area (Å²) in [6, 6.07) is 8.00. The van der Waals surface area contributed by atoms with Crippen molar-refractivity contribution >= 4 is 5.91 Å². The van der Waals surface area contributed by atoms with Crippen LogP contribution < -0.4 is 4.74 Å². The average Bonchev–Trinajstić information content (AvgIpc) is 2.99. The Morgan fingerprint density at radius 2 is 1.96 bits per heavy atom. The number of amides is 1. The van der Waals surface area contributed by atoms with Gasteiger partial charge < -0.3 is 14.2 Å². The van der Waals surface area contributed by atoms with Crippen molar-refractivity contribution < 1.29 is 14.1 Å². The molecular weight excluding hydrogens is 330 g/mol. The summed E-state index contributed by atoms with van der Waals surface area (Å²) in [6.07, 6.45) is 0.772. The Bertz CT molecular complexity index is 774. The monoisotopic (exact) mass is 355 g/mol. The first-order valence-corrected chi connectivity index (χ1v) is 9.25. The van der Waals surface area contributed by atoms with Crippen molar-refractivity contribution in [1.82, 2.24) is 15.0 Å². The number of rotatable bonds is 3. The lowest BCUT2D eigenvalue weighted by molar-refractivity contribution is -0.138. The number of hydrogen-bond donors (Lipinski definition) is 0. The van der Waals surface area contributed by atoms with Crippen LogP contribution in [0.15, 0.2) is 28.8 Å². The summed E-state index contributed by atoms with van der Waals surface area (Å²) in [7, 11) is 0. The normalized spacial score (nSPS) is 20.5. The highest BCUT2D eigenvalue weighted by Crippen LogP contribution is 2.28. The molecule has 0 spiro atoms. The Labute approximate surface area is 153 Å². The zero-order chi connectivity index (χ0) is 18.1. The number of ether oxygens (including phenoxy) is 1. The van der Waals surface area contributed by atoms with Gasteiger partial charge in [0.15, 0.2) is 0 Å². The van der Waals surface area contributed by atoms with E-state index in [1.165, 1.54) is 5.56 Å². The molecule has 1 aromatic carbocycles. The van der Waals surface area contributed by atoms with Gasteiger partial charge in [-0.2, -0.15) is 0 Å². The molecule has 6 nitrogen and oxygen atoms in total. The van der Waals surface area contributed by atoms with Gasteiger partial charge in [0.25, 0.3) is 0 Å². The lowest BCUT2D eigenvalue weighted by atomic mass is 9.95. The number of benzene rings is 1. The van der Waals surface area contributed by atoms with Gasteiger partial charge in [-0.25, -0.2) is 0 Å². The molecule has 0 radical (unpaired) electrons. The highest BCUT2D eigenvalue weighted by molar-refractivity contribution is 5.80. The minimum absolute atomic E-state index is 0.0704. The van der Waals surface area contributed by atoms with Crippen molar-refractivity contribution in [2.24, 2.45) is 5.92 Å². The summed E-state index contributed by atoms with van der Waals surface area (Å²) >= 11 is 0. The van der Waals surface area contributed by atoms with Gasteiger partial charge in [-0.15, -0.1) is 0 Å². The lowest BCUT2D eigenvalue weighted by Crippen LogP contribution is -2.51. The number of fused-ring (bicyclic) bond motifs is 1. The van der Waals surface area contributed by atoms with Gasteiger partial charge in [0, 0.05) is 38.3 Å². The molecule has 4 rings (SSSR count). The summed E-state index contributed by atoms with van der Waals surface area (Å²) in [5.41, 5.74) is 3.26. The first-order valence-electron chi connectivity index (χ1n) is 9.25. The van der Waals surface area contributed by atoms with Gasteiger partial charge in [0.05, 0.1) is 11.6 Å². The number of carbonyl (C=O) groups excluding carboxylic acids is 1. The number of hydrogen-bond acceptors (Lipinski definition) is 5. The molecular formula is C20H25N3O3. The zero-order valence-corrected chi connectivity index (χ0v) is 15.4. The van der Waals surface area contributed by atoms with Crippen LogP contribution in [0.2, 0.25) is 0 Å². The number of aryl methyl sites for hydroxylation is 2. The molecule has 0 aliphatic carbocycles. The highest BCUT2D eigenvalue weighted by atomic mass is 16.5. The van der Waals surface area contributed by atoms with Crippen molar-refractivity contribution in [3.8, 4) is 5.75 Å². The molecule has 1 amide bonds. The van der Waals surface area contributed by atoms with Crippen LogP contribution in [-0.2, 0) is 17.8 Å². The fraction of sp³-hybridized carbons (Fsp3) is 0.500. The Hall–Kier alpha value is -2.34. The standard InChI is InChI=1S/C20H25N3O3/c1-14-18(15(2)26-21-14)12-22-7-9-23(10-8-22)20(24)17-11-16-5-3-4-6-19(16)25-13-17/h3-6,17H,7-13H2,1-2H3. The number of para-hydroxylation sites is 1. The minimum atomic E-state index is -0.0704. The van der Waals surface area contributed by atoms with Gasteiger partial charge in [0.2, 0.25) is 5.91 Å². The fourth-order valence-electron chi connectivity index (χ4n) is 3.82. The van der Waals surface area contributed by atoms with E-state index in [-0.39, 0.29) is 11.8 Å². The summed E-state index contributed by atoms with van der Waals surface area (Å²) in [5.74, 6) is 1.95. The summed E-state index contributed by atoms with van der Waals surface area (Å²) < 4.78 is 11.0. The van der Waals surface area contributed by atoms with Crippen LogP contribution in [0.3, 0.4) is 0 Å². The van der Waals surface area contributed by atoms with Crippen LogP contribution in [0.25, 0.3) is 0 Å². The SMILES string of the molecule is Cc1noc(C)c1CN1CCN(C(=O)C2COc3ccccc3C2)CC1. The zero-order valence-electron chi connectivity index (χ0n) is 15.4. The van der Waals surface area contributed by atoms with Crippen molar-refractivity contribution in [2.75, 3.05) is 32.8 Å². The number of piperazine rings is 1. The van der Waals surface area contributed by atoms with Crippen molar-refractivity contribution in [3.05, 3.63) is 46.8 Å². The Kier molecular flexibility index (Phi) is 4.68. The number of aromatic nitrogens is 1. The van der Waals surface area contributed by atoms with Crippen LogP contribution in [0, 0.1) is 19.8 Å². The van der Waals surface area contributed by atoms with E-state index in [0.717, 1.165) is 61.9 Å². The molecule has 2 aromatic rings. The molecule has 2 aliphatic rings. The average molecular weight is 355 g/mol. The molecule has 0 bridgehead atoms. The maximum atomic E-state index is 12.9. The molecule has 1 saturated heterocycles. The minimum Gasteiger partial charge on any atom is -0.492 e. The Morgan fingerprint density at radius 1 is 1.19 bits per heavy atom. The third kappa shape index (κ3) is 3.33. The largest absolute Gasteiger partial charge is 0.492 e.